The monoisotopic (exact) mass is 1120 g/mol. The Morgan fingerprint density at radius 2 is 0.420 bits per heavy atom. The second-order valence-corrected chi connectivity index (χ2v) is 22.6. The summed E-state index contributed by atoms with van der Waals surface area (Å²) >= 11 is 0. The van der Waals surface area contributed by atoms with Crippen molar-refractivity contribution in [1.82, 2.24) is 39.9 Å². The molecule has 8 heteroatoms. The van der Waals surface area contributed by atoms with Gasteiger partial charge in [0.15, 0.2) is 23.3 Å². The smallest absolute Gasteiger partial charge is 0.159 e. The number of nitrogens with zero attached hydrogens (tertiary/aromatic N) is 8. The zero-order chi connectivity index (χ0) is 57.8. The van der Waals surface area contributed by atoms with Crippen LogP contribution < -0.4 is 0 Å². The fraction of sp³-hybridized carbons (Fsp3) is 0. The Morgan fingerprint density at radius 3 is 0.795 bits per heavy atom. The van der Waals surface area contributed by atoms with Gasteiger partial charge in [-0.1, -0.05) is 231 Å². The fourth-order valence-corrected chi connectivity index (χ4v) is 13.5. The maximum Gasteiger partial charge on any atom is 0.159 e. The lowest BCUT2D eigenvalue weighted by Crippen LogP contribution is -1.98. The molecule has 18 rings (SSSR count). The van der Waals surface area contributed by atoms with Crippen LogP contribution in [0.4, 0.5) is 0 Å². The van der Waals surface area contributed by atoms with Crippen molar-refractivity contribution < 1.29 is 0 Å². The van der Waals surface area contributed by atoms with E-state index in [1.165, 1.54) is 10.8 Å². The summed E-state index contributed by atoms with van der Waals surface area (Å²) in [4.78, 5) is 42.5. The van der Waals surface area contributed by atoms with Gasteiger partial charge in [0.1, 0.15) is 22.1 Å². The van der Waals surface area contributed by atoms with Crippen LogP contribution >= 0.6 is 0 Å². The molecule has 0 saturated heterocycles. The number of aromatic nitrogens is 8. The van der Waals surface area contributed by atoms with Crippen molar-refractivity contribution in [1.29, 1.82) is 0 Å². The molecule has 0 spiro atoms. The highest BCUT2D eigenvalue weighted by Gasteiger charge is 2.23. The Morgan fingerprint density at radius 1 is 0.159 bits per heavy atom. The first-order valence-electron chi connectivity index (χ1n) is 29.5. The number of hydrogen-bond acceptors (Lipinski definition) is 8. The Balaban J connectivity index is 0.828. The standard InChI is InChI=1S/C80H46N8/c1-4-19-47(20-5-1)50-25-16-28-54(39-50)78-82-45-67-71-62-36-15-12-33-59(62)64-42-53(37-38-63(64)72(71)68-46-84-79(88-76(68)75(67)87-78)55-29-17-26-51(40-55)48-21-6-2-7-22-48)52-27-18-30-56(41-52)80-83-44-66-70-61-35-14-11-32-58(61)57-31-10-13-34-60(57)69(70)65-43-81-77(49-23-8-3-9-24-49)85-73(65)74(66)86-80/h1-46H. The van der Waals surface area contributed by atoms with Gasteiger partial charge in [0.25, 0.3) is 0 Å². The van der Waals surface area contributed by atoms with Gasteiger partial charge < -0.3 is 0 Å². The second kappa shape index (κ2) is 19.8. The van der Waals surface area contributed by atoms with E-state index in [1.54, 1.807) is 0 Å². The zero-order valence-corrected chi connectivity index (χ0v) is 47.1. The van der Waals surface area contributed by atoms with E-state index >= 15 is 0 Å². The quantitative estimate of drug-likeness (QED) is 0.145. The molecule has 18 aromatic rings. The van der Waals surface area contributed by atoms with Crippen molar-refractivity contribution in [3.63, 3.8) is 0 Å². The first-order chi connectivity index (χ1) is 43.6. The first kappa shape index (κ1) is 49.4. The summed E-state index contributed by atoms with van der Waals surface area (Å²) in [5.41, 5.74) is 13.3. The summed E-state index contributed by atoms with van der Waals surface area (Å²) in [6.45, 7) is 0. The molecule has 0 bridgehead atoms. The summed E-state index contributed by atoms with van der Waals surface area (Å²) in [7, 11) is 0. The van der Waals surface area contributed by atoms with Gasteiger partial charge in [-0.3, -0.25) is 0 Å². The van der Waals surface area contributed by atoms with E-state index in [0.717, 1.165) is 153 Å². The molecule has 14 aromatic carbocycles. The Kier molecular flexibility index (Phi) is 11.1. The minimum absolute atomic E-state index is 0.607. The third-order valence-electron chi connectivity index (χ3n) is 17.6. The lowest BCUT2D eigenvalue weighted by atomic mass is 9.88. The molecular formula is C80H46N8. The highest BCUT2D eigenvalue weighted by molar-refractivity contribution is 6.40. The molecule has 0 saturated carbocycles. The molecule has 0 N–H and O–H groups in total. The predicted octanol–water partition coefficient (Wildman–Crippen LogP) is 20.0. The molecule has 88 heavy (non-hydrogen) atoms. The van der Waals surface area contributed by atoms with E-state index in [0.29, 0.717) is 23.3 Å². The molecule has 0 fully saturated rings. The predicted molar refractivity (Wildman–Crippen MR) is 362 cm³/mol. The van der Waals surface area contributed by atoms with Crippen LogP contribution in [0.3, 0.4) is 0 Å². The van der Waals surface area contributed by atoms with Crippen molar-refractivity contribution in [3.8, 4) is 78.9 Å². The Labute approximate surface area is 503 Å². The van der Waals surface area contributed by atoms with Gasteiger partial charge in [0, 0.05) is 90.1 Å². The summed E-state index contributed by atoms with van der Waals surface area (Å²) in [6.07, 6.45) is 8.00. The maximum absolute atomic E-state index is 5.52. The van der Waals surface area contributed by atoms with Crippen molar-refractivity contribution in [2.45, 2.75) is 0 Å². The lowest BCUT2D eigenvalue weighted by molar-refractivity contribution is 1.21. The molecule has 0 aliphatic heterocycles. The van der Waals surface area contributed by atoms with Crippen LogP contribution in [-0.4, -0.2) is 39.9 Å². The highest BCUT2D eigenvalue weighted by Crippen LogP contribution is 2.47. The lowest BCUT2D eigenvalue weighted by Gasteiger charge is -2.17. The SMILES string of the molecule is c1ccc(-c2cccc(-c3ncc4c(n3)c3nc(-c5cccc(-c6ccccc6)c5)ncc3c3c5ccc(-c6cccc(-c7ncc8c(n7)c7nc(-c9ccccc9)ncc7c7c9ccccc9c9ccccc9c87)c6)cc5c5ccccc5c43)c2)cc1. The van der Waals surface area contributed by atoms with E-state index in [1.807, 2.05) is 55.1 Å². The topological polar surface area (TPSA) is 103 Å². The van der Waals surface area contributed by atoms with Crippen LogP contribution in [-0.2, 0) is 0 Å². The molecule has 0 aliphatic carbocycles. The van der Waals surface area contributed by atoms with E-state index in [9.17, 15) is 0 Å². The van der Waals surface area contributed by atoms with Crippen LogP contribution in [0.5, 0.6) is 0 Å². The number of benzene rings is 14. The maximum atomic E-state index is 5.52. The zero-order valence-electron chi connectivity index (χ0n) is 47.1. The summed E-state index contributed by atoms with van der Waals surface area (Å²) in [5, 5.41) is 17.0. The van der Waals surface area contributed by atoms with Gasteiger partial charge in [-0.15, -0.1) is 0 Å². The van der Waals surface area contributed by atoms with Gasteiger partial charge in [-0.25, -0.2) is 39.9 Å². The summed E-state index contributed by atoms with van der Waals surface area (Å²) in [5.74, 6) is 2.49. The largest absolute Gasteiger partial charge is 0.236 e. The van der Waals surface area contributed by atoms with Gasteiger partial charge in [-0.2, -0.15) is 0 Å². The van der Waals surface area contributed by atoms with Crippen LogP contribution in [0.15, 0.2) is 280 Å². The molecule has 4 aromatic heterocycles. The second-order valence-electron chi connectivity index (χ2n) is 22.6. The number of hydrogen-bond donors (Lipinski definition) is 0. The van der Waals surface area contributed by atoms with E-state index in [4.69, 9.17) is 39.9 Å². The molecule has 0 atom stereocenters. The van der Waals surface area contributed by atoms with Crippen molar-refractivity contribution in [2.24, 2.45) is 0 Å². The number of rotatable bonds is 7. The van der Waals surface area contributed by atoms with Crippen molar-refractivity contribution in [3.05, 3.63) is 280 Å². The van der Waals surface area contributed by atoms with Gasteiger partial charge >= 0.3 is 0 Å². The van der Waals surface area contributed by atoms with E-state index < -0.39 is 0 Å². The molecule has 0 aliphatic rings. The Hall–Kier alpha value is -12.0. The van der Waals surface area contributed by atoms with Gasteiger partial charge in [-0.05, 0) is 101 Å². The first-order valence-corrected chi connectivity index (χ1v) is 29.5. The number of fused-ring (bicyclic) bond motifs is 22. The normalized spacial score (nSPS) is 11.9. The van der Waals surface area contributed by atoms with E-state index in [2.05, 4.69) is 224 Å². The fourth-order valence-electron chi connectivity index (χ4n) is 13.5. The minimum atomic E-state index is 0.607. The van der Waals surface area contributed by atoms with Crippen molar-refractivity contribution >= 4 is 108 Å². The molecule has 0 unspecified atom stereocenters. The third-order valence-corrected chi connectivity index (χ3v) is 17.6. The van der Waals surface area contributed by atoms with Crippen molar-refractivity contribution in [2.75, 3.05) is 0 Å². The summed E-state index contributed by atoms with van der Waals surface area (Å²) in [6, 6.07) is 89.3. The van der Waals surface area contributed by atoms with Gasteiger partial charge in [0.05, 0.1) is 0 Å². The average Bonchev–Trinajstić information content (AvgIpc) is 0.822. The minimum Gasteiger partial charge on any atom is -0.236 e. The summed E-state index contributed by atoms with van der Waals surface area (Å²) < 4.78 is 0. The molecule has 8 nitrogen and oxygen atoms in total. The molecule has 406 valence electrons. The molecule has 0 amide bonds. The van der Waals surface area contributed by atoms with E-state index in [-0.39, 0.29) is 0 Å². The molecule has 0 radical (unpaired) electrons. The average molecular weight is 1120 g/mol. The van der Waals surface area contributed by atoms with Gasteiger partial charge in [0.2, 0.25) is 0 Å². The highest BCUT2D eigenvalue weighted by atomic mass is 14.9. The third kappa shape index (κ3) is 7.86. The molecular weight excluding hydrogens is 1070 g/mol. The van der Waals surface area contributed by atoms with Crippen LogP contribution in [0.2, 0.25) is 0 Å². The Bertz CT molecular complexity index is 5930. The van der Waals surface area contributed by atoms with Crippen LogP contribution in [0.25, 0.3) is 187 Å². The van der Waals surface area contributed by atoms with Crippen LogP contribution in [0.1, 0.15) is 0 Å². The molecule has 4 heterocycles. The van der Waals surface area contributed by atoms with Crippen LogP contribution in [0, 0.1) is 0 Å².